The van der Waals surface area contributed by atoms with Gasteiger partial charge in [0.1, 0.15) is 4.21 Å². The molecule has 1 aliphatic heterocycles. The van der Waals surface area contributed by atoms with Crippen LogP contribution in [0.4, 0.5) is 5.69 Å². The van der Waals surface area contributed by atoms with Gasteiger partial charge < -0.3 is 4.90 Å². The fraction of sp³-hybridized carbons (Fsp3) is 0.375. The average molecular weight is 415 g/mol. The minimum absolute atomic E-state index is 0.407. The molecule has 1 saturated heterocycles. The first-order valence-corrected chi connectivity index (χ1v) is 10.5. The molecular formula is C16H19BrN2O2S2. The van der Waals surface area contributed by atoms with Crippen molar-refractivity contribution in [3.63, 3.8) is 0 Å². The first kappa shape index (κ1) is 17.0. The number of halogens is 1. The molecule has 2 aromatic rings. The number of hydrogen-bond acceptors (Lipinski definition) is 4. The maximum absolute atomic E-state index is 12.7. The first-order valence-electron chi connectivity index (χ1n) is 7.45. The Balaban J connectivity index is 1.73. The fourth-order valence-electron chi connectivity index (χ4n) is 2.89. The molecule has 0 unspecified atom stereocenters. The summed E-state index contributed by atoms with van der Waals surface area (Å²) in [5.41, 5.74) is 3.69. The van der Waals surface area contributed by atoms with Crippen LogP contribution >= 0.6 is 27.3 Å². The third kappa shape index (κ3) is 3.47. The van der Waals surface area contributed by atoms with E-state index in [9.17, 15) is 8.42 Å². The molecule has 3 rings (SSSR count). The summed E-state index contributed by atoms with van der Waals surface area (Å²) >= 11 is 4.59. The Morgan fingerprint density at radius 3 is 2.30 bits per heavy atom. The Morgan fingerprint density at radius 2 is 1.74 bits per heavy atom. The lowest BCUT2D eigenvalue weighted by molar-refractivity contribution is 0.385. The summed E-state index contributed by atoms with van der Waals surface area (Å²) in [6.07, 6.45) is 0. The van der Waals surface area contributed by atoms with E-state index in [2.05, 4.69) is 52.9 Å². The van der Waals surface area contributed by atoms with E-state index in [4.69, 9.17) is 0 Å². The second-order valence-corrected chi connectivity index (χ2v) is 10.4. The zero-order chi connectivity index (χ0) is 16.6. The van der Waals surface area contributed by atoms with Gasteiger partial charge in [-0.1, -0.05) is 17.7 Å². The Hall–Kier alpha value is -0.890. The number of sulfonamides is 1. The van der Waals surface area contributed by atoms with Crippen molar-refractivity contribution in [2.75, 3.05) is 31.1 Å². The number of nitrogens with zero attached hydrogens (tertiary/aromatic N) is 2. The van der Waals surface area contributed by atoms with Crippen LogP contribution in [0.25, 0.3) is 0 Å². The Bertz CT molecular complexity index is 809. The molecule has 124 valence electrons. The number of hydrogen-bond donors (Lipinski definition) is 0. The molecular weight excluding hydrogens is 396 g/mol. The summed E-state index contributed by atoms with van der Waals surface area (Å²) in [5, 5.41) is 0. The van der Waals surface area contributed by atoms with Gasteiger partial charge in [0.15, 0.2) is 0 Å². The van der Waals surface area contributed by atoms with Crippen molar-refractivity contribution in [2.45, 2.75) is 18.1 Å². The molecule has 0 amide bonds. The molecule has 0 aliphatic carbocycles. The summed E-state index contributed by atoms with van der Waals surface area (Å²) in [6.45, 7) is 6.66. The third-order valence-electron chi connectivity index (χ3n) is 4.07. The van der Waals surface area contributed by atoms with E-state index in [1.807, 2.05) is 0 Å². The maximum Gasteiger partial charge on any atom is 0.252 e. The van der Waals surface area contributed by atoms with Crippen molar-refractivity contribution in [2.24, 2.45) is 0 Å². The zero-order valence-corrected chi connectivity index (χ0v) is 16.3. The average Bonchev–Trinajstić information content (AvgIpc) is 2.95. The summed E-state index contributed by atoms with van der Waals surface area (Å²) in [4.78, 5) is 2.27. The lowest BCUT2D eigenvalue weighted by atomic mass is 10.1. The third-order valence-corrected chi connectivity index (χ3v) is 8.06. The number of anilines is 1. The molecule has 2 heterocycles. The van der Waals surface area contributed by atoms with Crippen molar-refractivity contribution in [1.82, 2.24) is 4.31 Å². The minimum Gasteiger partial charge on any atom is -0.369 e. The number of rotatable bonds is 3. The monoisotopic (exact) mass is 414 g/mol. The van der Waals surface area contributed by atoms with E-state index in [-0.39, 0.29) is 0 Å². The smallest absolute Gasteiger partial charge is 0.252 e. The highest BCUT2D eigenvalue weighted by atomic mass is 79.9. The van der Waals surface area contributed by atoms with Gasteiger partial charge in [-0.3, -0.25) is 0 Å². The van der Waals surface area contributed by atoms with Crippen LogP contribution in [-0.2, 0) is 10.0 Å². The standard InChI is InChI=1S/C16H19BrN2O2S2/c1-12-3-4-14(13(2)11-12)18-7-9-19(10-8-18)23(20,21)16-6-5-15(17)22-16/h3-6,11H,7-10H2,1-2H3. The van der Waals surface area contributed by atoms with Crippen LogP contribution in [0.2, 0.25) is 0 Å². The largest absolute Gasteiger partial charge is 0.369 e. The molecule has 1 aromatic carbocycles. The van der Waals surface area contributed by atoms with E-state index >= 15 is 0 Å². The molecule has 4 nitrogen and oxygen atoms in total. The van der Waals surface area contributed by atoms with Crippen molar-refractivity contribution < 1.29 is 8.42 Å². The lowest BCUT2D eigenvalue weighted by Gasteiger charge is -2.36. The van der Waals surface area contributed by atoms with Gasteiger partial charge in [-0.25, -0.2) is 8.42 Å². The molecule has 1 aromatic heterocycles. The summed E-state index contributed by atoms with van der Waals surface area (Å²) in [7, 11) is -3.37. The van der Waals surface area contributed by atoms with Gasteiger partial charge in [-0.15, -0.1) is 11.3 Å². The van der Waals surface area contributed by atoms with Crippen LogP contribution < -0.4 is 4.90 Å². The molecule has 0 radical (unpaired) electrons. The van der Waals surface area contributed by atoms with Crippen molar-refractivity contribution in [3.05, 3.63) is 45.2 Å². The highest BCUT2D eigenvalue weighted by Gasteiger charge is 2.29. The first-order chi connectivity index (χ1) is 10.9. The molecule has 23 heavy (non-hydrogen) atoms. The summed E-state index contributed by atoms with van der Waals surface area (Å²) < 4.78 is 28.1. The second kappa shape index (κ2) is 6.55. The highest BCUT2D eigenvalue weighted by molar-refractivity contribution is 9.11. The molecule has 1 fully saturated rings. The molecule has 7 heteroatoms. The van der Waals surface area contributed by atoms with Crippen LogP contribution in [-0.4, -0.2) is 38.9 Å². The van der Waals surface area contributed by atoms with Gasteiger partial charge in [0.2, 0.25) is 0 Å². The van der Waals surface area contributed by atoms with E-state index < -0.39 is 10.0 Å². The maximum atomic E-state index is 12.7. The molecule has 0 bridgehead atoms. The van der Waals surface area contributed by atoms with Crippen LogP contribution in [0, 0.1) is 13.8 Å². The van der Waals surface area contributed by atoms with Gasteiger partial charge in [-0.2, -0.15) is 4.31 Å². The normalized spacial score (nSPS) is 16.7. The van der Waals surface area contributed by atoms with Gasteiger partial charge in [0.25, 0.3) is 10.0 Å². The predicted octanol–water partition coefficient (Wildman–Crippen LogP) is 3.64. The molecule has 0 saturated carbocycles. The van der Waals surface area contributed by atoms with Gasteiger partial charge >= 0.3 is 0 Å². The van der Waals surface area contributed by atoms with Crippen LogP contribution in [0.5, 0.6) is 0 Å². The topological polar surface area (TPSA) is 40.6 Å². The van der Waals surface area contributed by atoms with Crippen LogP contribution in [0.3, 0.4) is 0 Å². The number of thiophene rings is 1. The molecule has 1 aliphatic rings. The second-order valence-electron chi connectivity index (χ2n) is 5.74. The predicted molar refractivity (Wildman–Crippen MR) is 98.9 cm³/mol. The van der Waals surface area contributed by atoms with Gasteiger partial charge in [0.05, 0.1) is 3.79 Å². The molecule has 0 atom stereocenters. The van der Waals surface area contributed by atoms with E-state index in [0.29, 0.717) is 17.3 Å². The van der Waals surface area contributed by atoms with Gasteiger partial charge in [0, 0.05) is 31.9 Å². The highest BCUT2D eigenvalue weighted by Crippen LogP contribution is 2.30. The molecule has 0 spiro atoms. The van der Waals surface area contributed by atoms with Crippen molar-refractivity contribution >= 4 is 43.0 Å². The van der Waals surface area contributed by atoms with E-state index in [1.54, 1.807) is 16.4 Å². The Labute approximate surface area is 149 Å². The number of benzene rings is 1. The minimum atomic E-state index is -3.37. The Kier molecular flexibility index (Phi) is 4.83. The summed E-state index contributed by atoms with van der Waals surface area (Å²) in [6, 6.07) is 9.85. The molecule has 0 N–H and O–H groups in total. The fourth-order valence-corrected chi connectivity index (χ4v) is 6.48. The van der Waals surface area contributed by atoms with Gasteiger partial charge in [-0.05, 0) is 53.5 Å². The quantitative estimate of drug-likeness (QED) is 0.769. The van der Waals surface area contributed by atoms with E-state index in [1.165, 1.54) is 28.2 Å². The van der Waals surface area contributed by atoms with Crippen molar-refractivity contribution in [3.8, 4) is 0 Å². The number of piperazine rings is 1. The van der Waals surface area contributed by atoms with Crippen molar-refractivity contribution in [1.29, 1.82) is 0 Å². The SMILES string of the molecule is Cc1ccc(N2CCN(S(=O)(=O)c3ccc(Br)s3)CC2)c(C)c1. The number of aryl methyl sites for hydroxylation is 2. The Morgan fingerprint density at radius 1 is 1.04 bits per heavy atom. The summed E-state index contributed by atoms with van der Waals surface area (Å²) in [5.74, 6) is 0. The lowest BCUT2D eigenvalue weighted by Crippen LogP contribution is -2.48. The zero-order valence-electron chi connectivity index (χ0n) is 13.1. The van der Waals surface area contributed by atoms with Crippen LogP contribution in [0.1, 0.15) is 11.1 Å². The van der Waals surface area contributed by atoms with E-state index in [0.717, 1.165) is 16.9 Å². The van der Waals surface area contributed by atoms with Crippen LogP contribution in [0.15, 0.2) is 38.3 Å².